The van der Waals surface area contributed by atoms with Crippen LogP contribution in [0, 0.1) is 13.8 Å². The Hall–Kier alpha value is -3.10. The van der Waals surface area contributed by atoms with Gasteiger partial charge >= 0.3 is 0 Å². The molecule has 1 aromatic carbocycles. The average molecular weight is 490 g/mol. The number of ketones is 1. The first-order valence-corrected chi connectivity index (χ1v) is 13.1. The number of hydrogen-bond donors (Lipinski definition) is 0. The van der Waals surface area contributed by atoms with Crippen LogP contribution in [0.5, 0.6) is 0 Å². The number of carbonyl (C=O) groups excluding carboxylic acids is 1. The van der Waals surface area contributed by atoms with E-state index < -0.39 is 0 Å². The van der Waals surface area contributed by atoms with Crippen LogP contribution < -0.4 is 0 Å². The average Bonchev–Trinajstić information content (AvgIpc) is 3.67. The number of carbonyl (C=O) groups is 1. The molecule has 0 radical (unpaired) electrons. The van der Waals surface area contributed by atoms with E-state index in [1.807, 2.05) is 38.1 Å². The molecule has 1 fully saturated rings. The monoisotopic (exact) mass is 489 g/mol. The quantitative estimate of drug-likeness (QED) is 0.232. The van der Waals surface area contributed by atoms with Gasteiger partial charge in [-0.1, -0.05) is 42.1 Å². The fourth-order valence-corrected chi connectivity index (χ4v) is 5.54. The molecule has 8 heteroatoms. The zero-order valence-corrected chi connectivity index (χ0v) is 21.1. The van der Waals surface area contributed by atoms with Gasteiger partial charge < -0.3 is 13.6 Å². The van der Waals surface area contributed by atoms with Crippen LogP contribution in [0.3, 0.4) is 0 Å². The van der Waals surface area contributed by atoms with Crippen molar-refractivity contribution in [1.29, 1.82) is 0 Å². The van der Waals surface area contributed by atoms with E-state index in [0.29, 0.717) is 18.8 Å². The van der Waals surface area contributed by atoms with Gasteiger partial charge in [0.1, 0.15) is 11.6 Å². The molecular weight excluding hydrogens is 458 g/mol. The highest BCUT2D eigenvalue weighted by Crippen LogP contribution is 2.24. The van der Waals surface area contributed by atoms with E-state index in [1.165, 1.54) is 30.2 Å². The predicted octanol–water partition coefficient (Wildman–Crippen LogP) is 4.96. The first-order chi connectivity index (χ1) is 17.1. The summed E-state index contributed by atoms with van der Waals surface area (Å²) in [4.78, 5) is 15.7. The van der Waals surface area contributed by atoms with Gasteiger partial charge in [0.25, 0.3) is 0 Å². The Morgan fingerprint density at radius 2 is 1.77 bits per heavy atom. The molecule has 4 heterocycles. The minimum absolute atomic E-state index is 0.101. The van der Waals surface area contributed by atoms with Crippen LogP contribution in [0.4, 0.5) is 0 Å². The lowest BCUT2D eigenvalue weighted by Gasteiger charge is -2.16. The lowest BCUT2D eigenvalue weighted by molar-refractivity contribution is 0.102. The number of benzene rings is 1. The third-order valence-electron chi connectivity index (χ3n) is 6.64. The number of Topliss-reactive ketones (excluding diaryl/α,β-unsaturated/α-hetero) is 1. The Labute approximate surface area is 210 Å². The Bertz CT molecular complexity index is 1270. The van der Waals surface area contributed by atoms with Crippen molar-refractivity contribution in [3.05, 3.63) is 88.9 Å². The van der Waals surface area contributed by atoms with Gasteiger partial charge in [0.2, 0.25) is 0 Å². The summed E-state index contributed by atoms with van der Waals surface area (Å²) in [6.45, 7) is 8.35. The summed E-state index contributed by atoms with van der Waals surface area (Å²) in [6.07, 6.45) is 4.15. The van der Waals surface area contributed by atoms with Crippen molar-refractivity contribution < 1.29 is 9.21 Å². The zero-order valence-electron chi connectivity index (χ0n) is 20.3. The third-order valence-corrected chi connectivity index (χ3v) is 7.61. The summed E-state index contributed by atoms with van der Waals surface area (Å²) < 4.78 is 9.80. The zero-order chi connectivity index (χ0) is 24.2. The van der Waals surface area contributed by atoms with Gasteiger partial charge in [-0.3, -0.25) is 9.69 Å². The standard InChI is InChI=1S/C27H31N5O2S/c1-20-15-24(21(2)31(20)17-23-11-8-14-34-23)25(33)19-35-27-29-28-26(18-30-12-6-7-13-30)32(27)16-22-9-4-3-5-10-22/h3-5,8-11,14-15H,6-7,12-13,16-19H2,1-2H3. The number of furan rings is 1. The van der Waals surface area contributed by atoms with Gasteiger partial charge in [0, 0.05) is 17.0 Å². The van der Waals surface area contributed by atoms with Crippen molar-refractivity contribution in [3.63, 3.8) is 0 Å². The van der Waals surface area contributed by atoms with Gasteiger partial charge in [-0.25, -0.2) is 0 Å². The van der Waals surface area contributed by atoms with Crippen LogP contribution in [-0.4, -0.2) is 48.9 Å². The molecule has 0 unspecified atom stereocenters. The first kappa shape index (κ1) is 23.6. The second kappa shape index (κ2) is 10.7. The topological polar surface area (TPSA) is 69.1 Å². The van der Waals surface area contributed by atoms with E-state index in [2.05, 4.69) is 48.5 Å². The summed E-state index contributed by atoms with van der Waals surface area (Å²) in [5.41, 5.74) is 3.97. The predicted molar refractivity (Wildman–Crippen MR) is 137 cm³/mol. The van der Waals surface area contributed by atoms with Crippen LogP contribution in [0.2, 0.25) is 0 Å². The van der Waals surface area contributed by atoms with Gasteiger partial charge in [0.15, 0.2) is 10.9 Å². The lowest BCUT2D eigenvalue weighted by atomic mass is 10.2. The summed E-state index contributed by atoms with van der Waals surface area (Å²) in [5.74, 6) is 2.26. The molecular formula is C27H31N5O2S. The minimum Gasteiger partial charge on any atom is -0.467 e. The highest BCUT2D eigenvalue weighted by molar-refractivity contribution is 7.99. The fourth-order valence-electron chi connectivity index (χ4n) is 4.70. The van der Waals surface area contributed by atoms with E-state index in [9.17, 15) is 4.79 Å². The van der Waals surface area contributed by atoms with Crippen LogP contribution in [0.15, 0.2) is 64.4 Å². The summed E-state index contributed by atoms with van der Waals surface area (Å²) in [6, 6.07) is 16.2. The SMILES string of the molecule is Cc1cc(C(=O)CSc2nnc(CN3CCCC3)n2Cc2ccccc2)c(C)n1Cc1ccco1. The molecule has 0 aliphatic carbocycles. The highest BCUT2D eigenvalue weighted by atomic mass is 32.2. The van der Waals surface area contributed by atoms with Crippen molar-refractivity contribution in [3.8, 4) is 0 Å². The molecule has 0 N–H and O–H groups in total. The summed E-state index contributed by atoms with van der Waals surface area (Å²) >= 11 is 1.47. The number of likely N-dealkylation sites (tertiary alicyclic amines) is 1. The molecule has 4 aromatic rings. The molecule has 0 amide bonds. The Morgan fingerprint density at radius 1 is 0.971 bits per heavy atom. The van der Waals surface area contributed by atoms with Crippen molar-refractivity contribution in [2.75, 3.05) is 18.8 Å². The molecule has 3 aromatic heterocycles. The van der Waals surface area contributed by atoms with Gasteiger partial charge in [-0.2, -0.15) is 0 Å². The van der Waals surface area contributed by atoms with E-state index in [4.69, 9.17) is 4.42 Å². The third kappa shape index (κ3) is 5.44. The van der Waals surface area contributed by atoms with Crippen molar-refractivity contribution in [1.82, 2.24) is 24.2 Å². The van der Waals surface area contributed by atoms with Crippen molar-refractivity contribution in [2.45, 2.75) is 51.5 Å². The number of thioether (sulfide) groups is 1. The molecule has 0 saturated carbocycles. The number of hydrogen-bond acceptors (Lipinski definition) is 6. The Kier molecular flexibility index (Phi) is 7.20. The summed E-state index contributed by atoms with van der Waals surface area (Å²) in [5, 5.41) is 9.82. The molecule has 35 heavy (non-hydrogen) atoms. The molecule has 1 aliphatic heterocycles. The van der Waals surface area contributed by atoms with Crippen molar-refractivity contribution in [2.24, 2.45) is 0 Å². The molecule has 7 nitrogen and oxygen atoms in total. The molecule has 5 rings (SSSR count). The minimum atomic E-state index is 0.101. The number of aryl methyl sites for hydroxylation is 1. The maximum atomic E-state index is 13.2. The second-order valence-electron chi connectivity index (χ2n) is 9.12. The van der Waals surface area contributed by atoms with E-state index in [0.717, 1.165) is 53.3 Å². The van der Waals surface area contributed by atoms with E-state index in [-0.39, 0.29) is 5.78 Å². The first-order valence-electron chi connectivity index (χ1n) is 12.1. The number of nitrogens with zero attached hydrogens (tertiary/aromatic N) is 5. The number of aromatic nitrogens is 4. The maximum absolute atomic E-state index is 13.2. The van der Waals surface area contributed by atoms with Gasteiger partial charge in [-0.15, -0.1) is 10.2 Å². The molecule has 0 bridgehead atoms. The maximum Gasteiger partial charge on any atom is 0.192 e. The molecule has 1 saturated heterocycles. The Morgan fingerprint density at radius 3 is 2.51 bits per heavy atom. The second-order valence-corrected chi connectivity index (χ2v) is 10.1. The largest absolute Gasteiger partial charge is 0.467 e. The highest BCUT2D eigenvalue weighted by Gasteiger charge is 2.21. The fraction of sp³-hybridized carbons (Fsp3) is 0.370. The molecule has 0 atom stereocenters. The Balaban J connectivity index is 1.32. The van der Waals surface area contributed by atoms with Crippen LogP contribution >= 0.6 is 11.8 Å². The van der Waals surface area contributed by atoms with Crippen LogP contribution in [0.1, 0.15) is 51.7 Å². The van der Waals surface area contributed by atoms with E-state index in [1.54, 1.807) is 6.26 Å². The van der Waals surface area contributed by atoms with Crippen LogP contribution in [-0.2, 0) is 19.6 Å². The molecule has 182 valence electrons. The normalized spacial score (nSPS) is 14.1. The van der Waals surface area contributed by atoms with E-state index >= 15 is 0 Å². The van der Waals surface area contributed by atoms with Gasteiger partial charge in [0.05, 0.1) is 31.7 Å². The lowest BCUT2D eigenvalue weighted by Crippen LogP contribution is -2.21. The van der Waals surface area contributed by atoms with Gasteiger partial charge in [-0.05, 0) is 63.5 Å². The summed E-state index contributed by atoms with van der Waals surface area (Å²) in [7, 11) is 0. The molecule has 1 aliphatic rings. The molecule has 0 spiro atoms. The van der Waals surface area contributed by atoms with Crippen LogP contribution in [0.25, 0.3) is 0 Å². The number of rotatable bonds is 10. The smallest absolute Gasteiger partial charge is 0.192 e. The van der Waals surface area contributed by atoms with Crippen molar-refractivity contribution >= 4 is 17.5 Å².